The van der Waals surface area contributed by atoms with Crippen LogP contribution in [0.25, 0.3) is 0 Å². The number of rotatable bonds is 6. The molecule has 0 spiro atoms. The van der Waals surface area contributed by atoms with E-state index >= 15 is 0 Å². The number of hydrogen-bond donors (Lipinski definition) is 1. The molecule has 1 N–H and O–H groups in total. The molecule has 0 bridgehead atoms. The number of aliphatic hydroxyl groups is 1. The molecule has 1 saturated heterocycles. The van der Waals surface area contributed by atoms with Gasteiger partial charge in [-0.15, -0.1) is 0 Å². The Morgan fingerprint density at radius 1 is 1.32 bits per heavy atom. The highest BCUT2D eigenvalue weighted by atomic mass is 16.5. The van der Waals surface area contributed by atoms with E-state index < -0.39 is 6.10 Å². The third kappa shape index (κ3) is 5.33. The zero-order valence-electron chi connectivity index (χ0n) is 16.5. The Morgan fingerprint density at radius 3 is 2.64 bits per heavy atom. The van der Waals surface area contributed by atoms with Gasteiger partial charge in [0.2, 0.25) is 0 Å². The van der Waals surface area contributed by atoms with Crippen molar-refractivity contribution in [3.63, 3.8) is 0 Å². The summed E-state index contributed by atoms with van der Waals surface area (Å²) in [5.74, 6) is 1.61. The van der Waals surface area contributed by atoms with Gasteiger partial charge in [0.25, 0.3) is 0 Å². The predicted molar refractivity (Wildman–Crippen MR) is 99.7 cm³/mol. The van der Waals surface area contributed by atoms with Crippen molar-refractivity contribution >= 4 is 0 Å². The van der Waals surface area contributed by atoms with E-state index in [-0.39, 0.29) is 17.6 Å². The van der Waals surface area contributed by atoms with E-state index in [1.54, 1.807) is 7.11 Å². The van der Waals surface area contributed by atoms with Crippen LogP contribution in [0, 0.1) is 0 Å². The summed E-state index contributed by atoms with van der Waals surface area (Å²) in [6, 6.07) is 5.82. The van der Waals surface area contributed by atoms with E-state index in [4.69, 9.17) is 14.2 Å². The molecule has 0 aliphatic carbocycles. The van der Waals surface area contributed by atoms with Crippen LogP contribution in [0.3, 0.4) is 0 Å². The Morgan fingerprint density at radius 2 is 2.04 bits per heavy atom. The Balaban J connectivity index is 2.00. The molecule has 1 aliphatic rings. The number of nitrogens with zero attached hydrogens (tertiary/aromatic N) is 1. The molecule has 0 aromatic heterocycles. The molecule has 1 atom stereocenters. The van der Waals surface area contributed by atoms with Crippen LogP contribution in [0.2, 0.25) is 0 Å². The fourth-order valence-electron chi connectivity index (χ4n) is 3.07. The Hall–Kier alpha value is -1.30. The number of morpholine rings is 1. The largest absolute Gasteiger partial charge is 0.497 e. The van der Waals surface area contributed by atoms with Gasteiger partial charge in [-0.3, -0.25) is 4.90 Å². The first-order valence-electron chi connectivity index (χ1n) is 8.95. The van der Waals surface area contributed by atoms with Gasteiger partial charge in [0.05, 0.1) is 20.3 Å². The average Bonchev–Trinajstić information content (AvgIpc) is 2.54. The van der Waals surface area contributed by atoms with Gasteiger partial charge in [0.1, 0.15) is 24.2 Å². The molecule has 1 aromatic carbocycles. The van der Waals surface area contributed by atoms with Crippen molar-refractivity contribution in [2.75, 3.05) is 40.0 Å². The molecular formula is C20H33NO4. The van der Waals surface area contributed by atoms with Crippen molar-refractivity contribution < 1.29 is 19.3 Å². The molecule has 5 heteroatoms. The summed E-state index contributed by atoms with van der Waals surface area (Å²) in [5, 5.41) is 10.5. The van der Waals surface area contributed by atoms with Crippen LogP contribution >= 0.6 is 0 Å². The summed E-state index contributed by atoms with van der Waals surface area (Å²) in [6.07, 6.45) is -0.549. The summed E-state index contributed by atoms with van der Waals surface area (Å²) in [4.78, 5) is 2.27. The lowest BCUT2D eigenvalue weighted by Crippen LogP contribution is -2.55. The van der Waals surface area contributed by atoms with Gasteiger partial charge in [-0.25, -0.2) is 0 Å². The van der Waals surface area contributed by atoms with Crippen LogP contribution in [0.4, 0.5) is 0 Å². The normalized spacial score (nSPS) is 19.5. The van der Waals surface area contributed by atoms with E-state index in [1.807, 2.05) is 18.2 Å². The van der Waals surface area contributed by atoms with E-state index in [0.717, 1.165) is 23.6 Å². The van der Waals surface area contributed by atoms with Crippen LogP contribution in [-0.4, -0.2) is 61.7 Å². The maximum absolute atomic E-state index is 10.5. The lowest BCUT2D eigenvalue weighted by molar-refractivity contribution is -0.0703. The van der Waals surface area contributed by atoms with Gasteiger partial charge in [0, 0.05) is 24.2 Å². The maximum atomic E-state index is 10.5. The molecule has 5 nitrogen and oxygen atoms in total. The number of β-amino-alcohol motifs (C(OH)–C–C–N with tert-alkyl or cyclic N) is 1. The van der Waals surface area contributed by atoms with Crippen molar-refractivity contribution in [2.45, 2.75) is 51.7 Å². The first-order valence-corrected chi connectivity index (χ1v) is 8.95. The van der Waals surface area contributed by atoms with Crippen molar-refractivity contribution in [3.05, 3.63) is 23.8 Å². The van der Waals surface area contributed by atoms with Gasteiger partial charge < -0.3 is 19.3 Å². The van der Waals surface area contributed by atoms with Gasteiger partial charge >= 0.3 is 0 Å². The molecule has 1 fully saturated rings. The standard InChI is InChI=1S/C20H33NO4/c1-19(2,3)17-11-16(23-6)7-8-18(17)25-13-15(22)12-21-9-10-24-14-20(21,4)5/h7-8,11,15,22H,9-10,12-14H2,1-6H3. The van der Waals surface area contributed by atoms with Gasteiger partial charge in [-0.2, -0.15) is 0 Å². The Kier molecular flexibility index (Phi) is 6.35. The van der Waals surface area contributed by atoms with E-state index in [2.05, 4.69) is 39.5 Å². The van der Waals surface area contributed by atoms with Crippen molar-refractivity contribution in [3.8, 4) is 11.5 Å². The molecule has 0 saturated carbocycles. The molecule has 1 unspecified atom stereocenters. The zero-order chi connectivity index (χ0) is 18.7. The second-order valence-electron chi connectivity index (χ2n) is 8.39. The van der Waals surface area contributed by atoms with Crippen LogP contribution in [0.1, 0.15) is 40.2 Å². The highest BCUT2D eigenvalue weighted by Gasteiger charge is 2.31. The monoisotopic (exact) mass is 351 g/mol. The molecule has 1 aliphatic heterocycles. The summed E-state index contributed by atoms with van der Waals surface area (Å²) >= 11 is 0. The number of methoxy groups -OCH3 is 1. The average molecular weight is 351 g/mol. The van der Waals surface area contributed by atoms with Crippen molar-refractivity contribution in [1.29, 1.82) is 0 Å². The highest BCUT2D eigenvalue weighted by molar-refractivity contribution is 5.44. The van der Waals surface area contributed by atoms with Crippen LogP contribution in [0.5, 0.6) is 11.5 Å². The third-order valence-electron chi connectivity index (χ3n) is 4.67. The topological polar surface area (TPSA) is 51.2 Å². The van der Waals surface area contributed by atoms with E-state index in [1.165, 1.54) is 0 Å². The number of hydrogen-bond acceptors (Lipinski definition) is 5. The first kappa shape index (κ1) is 20.0. The second-order valence-corrected chi connectivity index (χ2v) is 8.39. The molecule has 1 aromatic rings. The summed E-state index contributed by atoms with van der Waals surface area (Å²) in [6.45, 7) is 13.8. The van der Waals surface area contributed by atoms with Gasteiger partial charge in [-0.05, 0) is 37.5 Å². The first-order chi connectivity index (χ1) is 11.6. The van der Waals surface area contributed by atoms with Crippen molar-refractivity contribution in [1.82, 2.24) is 4.90 Å². The quantitative estimate of drug-likeness (QED) is 0.854. The Labute approximate surface area is 151 Å². The molecule has 1 heterocycles. The molecule has 0 amide bonds. The smallest absolute Gasteiger partial charge is 0.123 e. The number of benzene rings is 1. The van der Waals surface area contributed by atoms with Crippen LogP contribution in [0.15, 0.2) is 18.2 Å². The molecule has 0 radical (unpaired) electrons. The molecule has 2 rings (SSSR count). The van der Waals surface area contributed by atoms with Gasteiger partial charge in [0.15, 0.2) is 0 Å². The highest BCUT2D eigenvalue weighted by Crippen LogP contribution is 2.34. The van der Waals surface area contributed by atoms with E-state index in [0.29, 0.717) is 19.8 Å². The van der Waals surface area contributed by atoms with E-state index in [9.17, 15) is 5.11 Å². The second kappa shape index (κ2) is 7.94. The number of aliphatic hydroxyl groups excluding tert-OH is 1. The number of ether oxygens (including phenoxy) is 3. The Bertz CT molecular complexity index is 565. The third-order valence-corrected chi connectivity index (χ3v) is 4.67. The fourth-order valence-corrected chi connectivity index (χ4v) is 3.07. The SMILES string of the molecule is COc1ccc(OCC(O)CN2CCOCC2(C)C)c(C(C)(C)C)c1. The molecule has 142 valence electrons. The molecule has 25 heavy (non-hydrogen) atoms. The lowest BCUT2D eigenvalue weighted by atomic mass is 9.86. The minimum Gasteiger partial charge on any atom is -0.497 e. The van der Waals surface area contributed by atoms with Crippen molar-refractivity contribution in [2.24, 2.45) is 0 Å². The maximum Gasteiger partial charge on any atom is 0.123 e. The fraction of sp³-hybridized carbons (Fsp3) is 0.700. The molecular weight excluding hydrogens is 318 g/mol. The summed E-state index contributed by atoms with van der Waals surface area (Å²) in [7, 11) is 1.66. The van der Waals surface area contributed by atoms with Crippen LogP contribution < -0.4 is 9.47 Å². The summed E-state index contributed by atoms with van der Waals surface area (Å²) in [5.41, 5.74) is 0.947. The zero-order valence-corrected chi connectivity index (χ0v) is 16.5. The summed E-state index contributed by atoms with van der Waals surface area (Å²) < 4.78 is 16.8. The lowest BCUT2D eigenvalue weighted by Gasteiger charge is -2.42. The van der Waals surface area contributed by atoms with Crippen LogP contribution in [-0.2, 0) is 10.2 Å². The minimum atomic E-state index is -0.549. The minimum absolute atomic E-state index is 0.0596. The predicted octanol–water partition coefficient (Wildman–Crippen LogP) is 2.84. The van der Waals surface area contributed by atoms with Gasteiger partial charge in [-0.1, -0.05) is 20.8 Å².